The maximum atomic E-state index is 6.30. The van der Waals surface area contributed by atoms with E-state index in [9.17, 15) is 0 Å². The number of methoxy groups -OCH3 is 1. The van der Waals surface area contributed by atoms with Crippen molar-refractivity contribution in [1.82, 2.24) is 10.1 Å². The molecule has 0 radical (unpaired) electrons. The topological polar surface area (TPSA) is 100 Å². The van der Waals surface area contributed by atoms with Gasteiger partial charge in [0, 0.05) is 24.0 Å². The minimum Gasteiger partial charge on any atom is -0.396 e. The van der Waals surface area contributed by atoms with Gasteiger partial charge in [-0.05, 0) is 42.7 Å². The number of nitrogen functional groups attached to an aromatic ring is 2. The van der Waals surface area contributed by atoms with Gasteiger partial charge in [-0.3, -0.25) is 4.98 Å². The molecule has 0 saturated heterocycles. The minimum absolute atomic E-state index is 0.00451. The van der Waals surface area contributed by atoms with E-state index in [2.05, 4.69) is 28.3 Å². The molecule has 0 fully saturated rings. The number of nitrogens with zero attached hydrogens (tertiary/aromatic N) is 2. The largest absolute Gasteiger partial charge is 0.396 e. The molecule has 0 spiro atoms. The zero-order chi connectivity index (χ0) is 20.5. The van der Waals surface area contributed by atoms with Crippen LogP contribution in [0.15, 0.2) is 53.2 Å². The highest BCUT2D eigenvalue weighted by molar-refractivity contribution is 5.99. The van der Waals surface area contributed by atoms with E-state index in [0.717, 1.165) is 44.6 Å². The van der Waals surface area contributed by atoms with E-state index in [1.807, 2.05) is 38.1 Å². The van der Waals surface area contributed by atoms with Gasteiger partial charge < -0.3 is 20.7 Å². The summed E-state index contributed by atoms with van der Waals surface area (Å²) < 4.78 is 11.1. The lowest BCUT2D eigenvalue weighted by molar-refractivity contribution is 0.189. The highest BCUT2D eigenvalue weighted by Gasteiger charge is 2.24. The number of rotatable bonds is 5. The fourth-order valence-electron chi connectivity index (χ4n) is 3.88. The molecule has 0 bridgehead atoms. The van der Waals surface area contributed by atoms with E-state index in [1.54, 1.807) is 13.3 Å². The van der Waals surface area contributed by atoms with E-state index in [1.165, 1.54) is 0 Å². The van der Waals surface area contributed by atoms with Crippen molar-refractivity contribution in [2.75, 3.05) is 25.2 Å². The van der Waals surface area contributed by atoms with Crippen LogP contribution in [0.3, 0.4) is 0 Å². The van der Waals surface area contributed by atoms with Crippen molar-refractivity contribution in [1.29, 1.82) is 0 Å². The molecule has 29 heavy (non-hydrogen) atoms. The van der Waals surface area contributed by atoms with Gasteiger partial charge in [-0.1, -0.05) is 35.5 Å². The van der Waals surface area contributed by atoms with Gasteiger partial charge in [0.25, 0.3) is 0 Å². The van der Waals surface area contributed by atoms with Crippen molar-refractivity contribution in [2.45, 2.75) is 19.8 Å². The van der Waals surface area contributed by atoms with Gasteiger partial charge in [-0.15, -0.1) is 0 Å². The molecule has 0 amide bonds. The Morgan fingerprint density at radius 2 is 1.86 bits per heavy atom. The molecule has 2 heterocycles. The van der Waals surface area contributed by atoms with Crippen LogP contribution < -0.4 is 11.5 Å². The summed E-state index contributed by atoms with van der Waals surface area (Å²) >= 11 is 0. The highest BCUT2D eigenvalue weighted by Crippen LogP contribution is 2.40. The van der Waals surface area contributed by atoms with Crippen LogP contribution in [-0.2, 0) is 4.74 Å². The van der Waals surface area contributed by atoms with Crippen LogP contribution in [0, 0.1) is 13.8 Å². The van der Waals surface area contributed by atoms with Crippen LogP contribution in [0.25, 0.3) is 22.0 Å². The Kier molecular flexibility index (Phi) is 4.94. The number of anilines is 2. The standard InChI is InChI=1S/C23H24N4O2/c1-13-22(14(2)29-27-13)17-10-21-18(23(25)20(24)11-26-21)9-16(17)19(12-28-3)15-7-5-4-6-8-15/h4-11,19H,12,24H2,1-3H3,(H2,25,26)/t19-/m0/s1. The average Bonchev–Trinajstić information content (AvgIpc) is 3.07. The summed E-state index contributed by atoms with van der Waals surface area (Å²) in [4.78, 5) is 4.50. The summed E-state index contributed by atoms with van der Waals surface area (Å²) in [6.45, 7) is 4.38. The fourth-order valence-corrected chi connectivity index (χ4v) is 3.88. The first kappa shape index (κ1) is 19.0. The predicted octanol–water partition coefficient (Wildman–Crippen LogP) is 4.45. The van der Waals surface area contributed by atoms with Crippen molar-refractivity contribution in [3.63, 3.8) is 0 Å². The first-order chi connectivity index (χ1) is 14.0. The molecule has 0 aliphatic heterocycles. The lowest BCUT2D eigenvalue weighted by Crippen LogP contribution is -2.10. The van der Waals surface area contributed by atoms with Crippen LogP contribution >= 0.6 is 0 Å². The van der Waals surface area contributed by atoms with Gasteiger partial charge in [0.15, 0.2) is 0 Å². The second-order valence-corrected chi connectivity index (χ2v) is 7.20. The Bertz CT molecular complexity index is 1150. The van der Waals surface area contributed by atoms with Gasteiger partial charge in [0.05, 0.1) is 35.4 Å². The molecule has 0 unspecified atom stereocenters. The van der Waals surface area contributed by atoms with Gasteiger partial charge >= 0.3 is 0 Å². The summed E-state index contributed by atoms with van der Waals surface area (Å²) in [5.41, 5.74) is 19.1. The molecule has 4 rings (SSSR count). The van der Waals surface area contributed by atoms with Gasteiger partial charge in [0.1, 0.15) is 5.76 Å². The van der Waals surface area contributed by atoms with E-state index in [4.69, 9.17) is 20.7 Å². The number of hydrogen-bond donors (Lipinski definition) is 2. The van der Waals surface area contributed by atoms with Crippen molar-refractivity contribution >= 4 is 22.3 Å². The van der Waals surface area contributed by atoms with Crippen LogP contribution in [-0.4, -0.2) is 23.9 Å². The molecule has 0 saturated carbocycles. The molecule has 6 nitrogen and oxygen atoms in total. The minimum atomic E-state index is -0.00451. The zero-order valence-electron chi connectivity index (χ0n) is 16.8. The number of fused-ring (bicyclic) bond motifs is 1. The van der Waals surface area contributed by atoms with Gasteiger partial charge in [0.2, 0.25) is 0 Å². The Balaban J connectivity index is 2.06. The third-order valence-corrected chi connectivity index (χ3v) is 5.33. The normalized spacial score (nSPS) is 12.4. The second-order valence-electron chi connectivity index (χ2n) is 7.20. The summed E-state index contributed by atoms with van der Waals surface area (Å²) in [5.74, 6) is 0.755. The second kappa shape index (κ2) is 7.56. The number of nitrogens with two attached hydrogens (primary N) is 2. The van der Waals surface area contributed by atoms with Crippen LogP contribution in [0.4, 0.5) is 11.4 Å². The van der Waals surface area contributed by atoms with Crippen LogP contribution in [0.2, 0.25) is 0 Å². The molecule has 1 atom stereocenters. The first-order valence-corrected chi connectivity index (χ1v) is 9.46. The summed E-state index contributed by atoms with van der Waals surface area (Å²) in [7, 11) is 1.71. The number of hydrogen-bond acceptors (Lipinski definition) is 6. The molecule has 0 aliphatic rings. The third kappa shape index (κ3) is 3.32. The molecule has 2 aromatic heterocycles. The number of benzene rings is 2. The first-order valence-electron chi connectivity index (χ1n) is 9.46. The van der Waals surface area contributed by atoms with Crippen molar-refractivity contribution in [3.8, 4) is 11.1 Å². The van der Waals surface area contributed by atoms with E-state index < -0.39 is 0 Å². The average molecular weight is 388 g/mol. The van der Waals surface area contributed by atoms with Crippen molar-refractivity contribution < 1.29 is 9.26 Å². The van der Waals surface area contributed by atoms with Crippen molar-refractivity contribution in [3.05, 3.63) is 71.2 Å². The van der Waals surface area contributed by atoms with Crippen LogP contribution in [0.1, 0.15) is 28.5 Å². The Morgan fingerprint density at radius 3 is 2.52 bits per heavy atom. The number of aryl methyl sites for hydroxylation is 2. The quantitative estimate of drug-likeness (QED) is 0.524. The molecule has 0 aliphatic carbocycles. The summed E-state index contributed by atoms with van der Waals surface area (Å²) in [6, 6.07) is 14.4. The number of aromatic nitrogens is 2. The van der Waals surface area contributed by atoms with E-state index in [0.29, 0.717) is 18.0 Å². The van der Waals surface area contributed by atoms with E-state index in [-0.39, 0.29) is 5.92 Å². The maximum absolute atomic E-state index is 6.30. The fraction of sp³-hybridized carbons (Fsp3) is 0.217. The summed E-state index contributed by atoms with van der Waals surface area (Å²) in [5, 5.41) is 4.98. The maximum Gasteiger partial charge on any atom is 0.141 e. The molecular formula is C23H24N4O2. The molecule has 148 valence electrons. The Labute approximate surface area is 169 Å². The lowest BCUT2D eigenvalue weighted by Gasteiger charge is -2.22. The SMILES string of the molecule is COC[C@@H](c1ccccc1)c1cc2c(N)c(N)cnc2cc1-c1c(C)noc1C. The molecule has 4 N–H and O–H groups in total. The van der Waals surface area contributed by atoms with Crippen LogP contribution in [0.5, 0.6) is 0 Å². The highest BCUT2D eigenvalue weighted by atomic mass is 16.5. The Hall–Kier alpha value is -3.38. The number of ether oxygens (including phenoxy) is 1. The lowest BCUT2D eigenvalue weighted by atomic mass is 9.84. The Morgan fingerprint density at radius 1 is 1.10 bits per heavy atom. The van der Waals surface area contributed by atoms with E-state index >= 15 is 0 Å². The molecular weight excluding hydrogens is 364 g/mol. The van der Waals surface area contributed by atoms with Crippen molar-refractivity contribution in [2.24, 2.45) is 0 Å². The monoisotopic (exact) mass is 388 g/mol. The summed E-state index contributed by atoms with van der Waals surface area (Å²) in [6.07, 6.45) is 1.60. The van der Waals surface area contributed by atoms with Gasteiger partial charge in [-0.25, -0.2) is 0 Å². The van der Waals surface area contributed by atoms with Gasteiger partial charge in [-0.2, -0.15) is 0 Å². The molecule has 6 heteroatoms. The molecule has 2 aromatic carbocycles. The predicted molar refractivity (Wildman–Crippen MR) is 116 cm³/mol. The third-order valence-electron chi connectivity index (χ3n) is 5.33. The smallest absolute Gasteiger partial charge is 0.141 e. The zero-order valence-corrected chi connectivity index (χ0v) is 16.8. The molecule has 4 aromatic rings. The number of pyridine rings is 1.